The summed E-state index contributed by atoms with van der Waals surface area (Å²) in [5.41, 5.74) is 7.12. The summed E-state index contributed by atoms with van der Waals surface area (Å²) in [4.78, 5) is 63.7. The van der Waals surface area contributed by atoms with E-state index in [1.54, 1.807) is 36.4 Å². The van der Waals surface area contributed by atoms with Gasteiger partial charge in [0.05, 0.1) is 0 Å². The van der Waals surface area contributed by atoms with Crippen molar-refractivity contribution in [3.8, 4) is 0 Å². The van der Waals surface area contributed by atoms with Gasteiger partial charge < -0.3 is 26.6 Å². The van der Waals surface area contributed by atoms with Crippen LogP contribution in [0.25, 0.3) is 6.08 Å². The van der Waals surface area contributed by atoms with Crippen molar-refractivity contribution in [3.05, 3.63) is 114 Å². The minimum absolute atomic E-state index is 0.0467. The third kappa shape index (κ3) is 12.4. The summed E-state index contributed by atoms with van der Waals surface area (Å²) in [7, 11) is -4.48. The summed E-state index contributed by atoms with van der Waals surface area (Å²) in [6, 6.07) is 20.9. The highest BCUT2D eigenvalue weighted by Crippen LogP contribution is 2.46. The molecule has 266 valence electrons. The first-order chi connectivity index (χ1) is 24.0. The molecule has 4 atom stereocenters. The first-order valence-corrected chi connectivity index (χ1v) is 18.9. The van der Waals surface area contributed by atoms with Crippen molar-refractivity contribution in [3.63, 3.8) is 0 Å². The molecule has 4 rings (SSSR count). The third-order valence-electron chi connectivity index (χ3n) is 8.90. The molecular weight excluding hydrogens is 658 g/mol. The number of rotatable bonds is 17. The van der Waals surface area contributed by atoms with Crippen LogP contribution in [0.15, 0.2) is 91.0 Å². The number of nitrogens with two attached hydrogens (primary N) is 1. The highest BCUT2D eigenvalue weighted by atomic mass is 31.2. The van der Waals surface area contributed by atoms with Crippen LogP contribution in [0.3, 0.4) is 0 Å². The molecular formula is C38H46FN4O6P. The van der Waals surface area contributed by atoms with Gasteiger partial charge >= 0.3 is 0 Å². The fraction of sp³-hybridized carbons (Fsp3) is 0.368. The summed E-state index contributed by atoms with van der Waals surface area (Å²) < 4.78 is 27.7. The first-order valence-electron chi connectivity index (χ1n) is 17.0. The average molecular weight is 705 g/mol. The lowest BCUT2D eigenvalue weighted by atomic mass is 9.85. The van der Waals surface area contributed by atoms with Crippen LogP contribution in [0.4, 0.5) is 4.39 Å². The highest BCUT2D eigenvalue weighted by Gasteiger charge is 2.36. The van der Waals surface area contributed by atoms with Crippen molar-refractivity contribution < 1.29 is 33.0 Å². The van der Waals surface area contributed by atoms with Gasteiger partial charge in [0.2, 0.25) is 25.1 Å². The Labute approximate surface area is 292 Å². The minimum atomic E-state index is -4.48. The molecule has 0 aromatic heterocycles. The monoisotopic (exact) mass is 704 g/mol. The Bertz CT molecular complexity index is 1670. The number of amides is 4. The molecule has 4 amide bonds. The number of carbonyl (C=O) groups excluding carboxylic acids is 4. The van der Waals surface area contributed by atoms with Gasteiger partial charge in [0.1, 0.15) is 29.8 Å². The number of hydrogen-bond acceptors (Lipinski definition) is 5. The van der Waals surface area contributed by atoms with Crippen LogP contribution in [-0.4, -0.2) is 52.6 Å². The molecule has 1 saturated carbocycles. The Kier molecular flexibility index (Phi) is 14.5. The lowest BCUT2D eigenvalue weighted by molar-refractivity contribution is -0.131. The van der Waals surface area contributed by atoms with Crippen molar-refractivity contribution in [2.24, 2.45) is 11.7 Å². The Morgan fingerprint density at radius 1 is 0.880 bits per heavy atom. The van der Waals surface area contributed by atoms with Gasteiger partial charge in [-0.05, 0) is 54.5 Å². The zero-order valence-electron chi connectivity index (χ0n) is 28.0. The number of nitrogens with one attached hydrogen (secondary N) is 3. The summed E-state index contributed by atoms with van der Waals surface area (Å²) >= 11 is 0. The maximum atomic E-state index is 13.9. The van der Waals surface area contributed by atoms with Crippen LogP contribution in [0, 0.1) is 11.7 Å². The van der Waals surface area contributed by atoms with Crippen LogP contribution >= 0.6 is 7.37 Å². The largest absolute Gasteiger partial charge is 0.368 e. The lowest BCUT2D eigenvalue weighted by Crippen LogP contribution is -2.53. The molecule has 10 nitrogen and oxygen atoms in total. The zero-order valence-corrected chi connectivity index (χ0v) is 28.9. The molecule has 1 fully saturated rings. The maximum absolute atomic E-state index is 13.9. The van der Waals surface area contributed by atoms with E-state index in [4.69, 9.17) is 5.73 Å². The molecule has 50 heavy (non-hydrogen) atoms. The molecule has 1 aliphatic carbocycles. The Morgan fingerprint density at radius 3 is 2.22 bits per heavy atom. The summed E-state index contributed by atoms with van der Waals surface area (Å²) in [5, 5.41) is 7.83. The predicted octanol–water partition coefficient (Wildman–Crippen LogP) is 5.31. The van der Waals surface area contributed by atoms with Gasteiger partial charge in [-0.15, -0.1) is 0 Å². The Morgan fingerprint density at radius 2 is 1.56 bits per heavy atom. The zero-order chi connectivity index (χ0) is 35.9. The first kappa shape index (κ1) is 38.2. The molecule has 3 aromatic rings. The lowest BCUT2D eigenvalue weighted by Gasteiger charge is -2.27. The van der Waals surface area contributed by atoms with Gasteiger partial charge in [0.25, 0.3) is 5.91 Å². The van der Waals surface area contributed by atoms with E-state index < -0.39 is 60.8 Å². The van der Waals surface area contributed by atoms with Crippen molar-refractivity contribution in [2.75, 3.05) is 6.16 Å². The van der Waals surface area contributed by atoms with E-state index >= 15 is 0 Å². The summed E-state index contributed by atoms with van der Waals surface area (Å²) in [5.74, 6) is -4.68. The molecule has 0 saturated heterocycles. The van der Waals surface area contributed by atoms with Gasteiger partial charge in [-0.1, -0.05) is 111 Å². The van der Waals surface area contributed by atoms with Crippen LogP contribution in [0.5, 0.6) is 0 Å². The standard InChI is InChI=1S/C38H46FN4O6P/c39-31-20-11-19-30(25-31)37(46)43-35(24-29-16-8-3-9-17-29)50(48,49)26-34(44)41-33(23-22-28-14-6-2-7-15-28)38(47)42-32(36(40)45)21-10-18-27-12-4-1-5-13-27/h1,3-5,8-13,16-20,25,28,32-33,35H,2,6-7,14-15,21-24,26H2,(H2,40,45)(H,41,44)(H,42,47)(H,43,46)(H,48,49)/b18-10+/t32-,33?,35?/m0/s1. The fourth-order valence-corrected chi connectivity index (χ4v) is 7.66. The Hall–Kier alpha value is -4.60. The van der Waals surface area contributed by atoms with Crippen molar-refractivity contribution in [1.29, 1.82) is 0 Å². The van der Waals surface area contributed by atoms with E-state index in [2.05, 4.69) is 16.0 Å². The van der Waals surface area contributed by atoms with Crippen LogP contribution < -0.4 is 21.7 Å². The molecule has 3 unspecified atom stereocenters. The smallest absolute Gasteiger partial charge is 0.252 e. The molecule has 0 heterocycles. The van der Waals surface area contributed by atoms with Gasteiger partial charge in [-0.3, -0.25) is 23.7 Å². The molecule has 0 radical (unpaired) electrons. The molecule has 0 bridgehead atoms. The second kappa shape index (κ2) is 19.0. The maximum Gasteiger partial charge on any atom is 0.252 e. The van der Waals surface area contributed by atoms with Crippen LogP contribution in [0.1, 0.15) is 72.9 Å². The number of halogens is 1. The quantitative estimate of drug-likeness (QED) is 0.119. The predicted molar refractivity (Wildman–Crippen MR) is 191 cm³/mol. The molecule has 1 aliphatic rings. The highest BCUT2D eigenvalue weighted by molar-refractivity contribution is 7.59. The normalized spacial score (nSPS) is 16.4. The number of hydrogen-bond donors (Lipinski definition) is 5. The van der Waals surface area contributed by atoms with Gasteiger partial charge in [0.15, 0.2) is 0 Å². The van der Waals surface area contributed by atoms with E-state index in [9.17, 15) is 33.0 Å². The van der Waals surface area contributed by atoms with E-state index in [1.165, 1.54) is 18.2 Å². The van der Waals surface area contributed by atoms with Crippen LogP contribution in [0.2, 0.25) is 0 Å². The van der Waals surface area contributed by atoms with E-state index in [0.717, 1.165) is 43.7 Å². The minimum Gasteiger partial charge on any atom is -0.368 e. The molecule has 0 aliphatic heterocycles. The average Bonchev–Trinajstić information content (AvgIpc) is 3.10. The van der Waals surface area contributed by atoms with Gasteiger partial charge in [-0.2, -0.15) is 0 Å². The van der Waals surface area contributed by atoms with E-state index in [1.807, 2.05) is 36.4 Å². The number of benzene rings is 3. The van der Waals surface area contributed by atoms with E-state index in [-0.39, 0.29) is 24.8 Å². The summed E-state index contributed by atoms with van der Waals surface area (Å²) in [6.07, 6.45) is 8.94. The number of primary amides is 1. The van der Waals surface area contributed by atoms with Crippen molar-refractivity contribution in [1.82, 2.24) is 16.0 Å². The molecule has 3 aromatic carbocycles. The van der Waals surface area contributed by atoms with Gasteiger partial charge in [-0.25, -0.2) is 4.39 Å². The topological polar surface area (TPSA) is 168 Å². The van der Waals surface area contributed by atoms with Crippen molar-refractivity contribution >= 4 is 37.1 Å². The fourth-order valence-electron chi connectivity index (χ4n) is 6.12. The second-order valence-electron chi connectivity index (χ2n) is 12.8. The Balaban J connectivity index is 1.48. The van der Waals surface area contributed by atoms with Crippen LogP contribution in [-0.2, 0) is 25.4 Å². The third-order valence-corrected chi connectivity index (χ3v) is 10.9. The second-order valence-corrected chi connectivity index (χ2v) is 15.3. The molecule has 0 spiro atoms. The summed E-state index contributed by atoms with van der Waals surface area (Å²) in [6.45, 7) is 0. The molecule has 12 heteroatoms. The van der Waals surface area contributed by atoms with E-state index in [0.29, 0.717) is 17.9 Å². The molecule has 6 N–H and O–H groups in total. The number of carbonyl (C=O) groups is 4. The SMILES string of the molecule is NC(=O)[C@H](C/C=C/c1ccccc1)NC(=O)C(CCC1CCCCC1)NC(=O)CP(=O)(O)C(Cc1ccccc1)NC(=O)c1cccc(F)c1. The van der Waals surface area contributed by atoms with Gasteiger partial charge in [0, 0.05) is 12.0 Å². The van der Waals surface area contributed by atoms with Crippen molar-refractivity contribution in [2.45, 2.75) is 75.7 Å².